The van der Waals surface area contributed by atoms with Crippen molar-refractivity contribution < 1.29 is 14.3 Å². The van der Waals surface area contributed by atoms with E-state index in [1.807, 2.05) is 13.8 Å². The molecule has 0 aliphatic carbocycles. The first kappa shape index (κ1) is 21.1. The van der Waals surface area contributed by atoms with Crippen LogP contribution in [0, 0.1) is 0 Å². The van der Waals surface area contributed by atoms with Crippen LogP contribution in [-0.2, 0) is 0 Å². The van der Waals surface area contributed by atoms with E-state index in [1.54, 1.807) is 18.2 Å². The number of amides is 1. The molecule has 1 aromatic heterocycles. The quantitative estimate of drug-likeness (QED) is 0.389. The molecule has 0 saturated carbocycles. The van der Waals surface area contributed by atoms with Crippen LogP contribution < -0.4 is 20.6 Å². The molecule has 10 heteroatoms. The molecule has 27 heavy (non-hydrogen) atoms. The molecule has 1 amide bonds. The fourth-order valence-corrected chi connectivity index (χ4v) is 2.65. The lowest BCUT2D eigenvalue weighted by Crippen LogP contribution is -2.20. The van der Waals surface area contributed by atoms with E-state index in [2.05, 4.69) is 15.5 Å². The van der Waals surface area contributed by atoms with Crippen molar-refractivity contribution in [1.29, 1.82) is 0 Å². The standard InChI is InChI=1S/C17H17Cl3N4O3/c1-3-26-10-6-5-9(11(7-10)27-4-2)8-22-24-17(25)15-12(18)14(21)13(19)16(20)23-15/h5-8H,3-4H2,1-2H3,(H2,21,23)(H,24,25)/b22-8+. The van der Waals surface area contributed by atoms with Crippen LogP contribution in [0.3, 0.4) is 0 Å². The van der Waals surface area contributed by atoms with Crippen molar-refractivity contribution in [2.45, 2.75) is 13.8 Å². The number of ether oxygens (including phenoxy) is 2. The third-order valence-corrected chi connectivity index (χ3v) is 4.39. The Labute approximate surface area is 171 Å². The van der Waals surface area contributed by atoms with Gasteiger partial charge in [-0.15, -0.1) is 0 Å². The fraction of sp³-hybridized carbons (Fsp3) is 0.235. The molecule has 0 saturated heterocycles. The summed E-state index contributed by atoms with van der Waals surface area (Å²) in [6.45, 7) is 4.75. The first-order chi connectivity index (χ1) is 12.9. The molecule has 144 valence electrons. The molecule has 0 unspecified atom stereocenters. The van der Waals surface area contributed by atoms with Gasteiger partial charge in [0.05, 0.1) is 30.1 Å². The van der Waals surface area contributed by atoms with Crippen molar-refractivity contribution in [3.8, 4) is 11.5 Å². The predicted molar refractivity (Wildman–Crippen MR) is 108 cm³/mol. The number of anilines is 1. The minimum absolute atomic E-state index is 0.0162. The number of hydrogen-bond donors (Lipinski definition) is 2. The Morgan fingerprint density at radius 3 is 2.59 bits per heavy atom. The van der Waals surface area contributed by atoms with Gasteiger partial charge in [0.1, 0.15) is 16.5 Å². The van der Waals surface area contributed by atoms with Crippen LogP contribution in [0.15, 0.2) is 23.3 Å². The number of pyridine rings is 1. The van der Waals surface area contributed by atoms with Gasteiger partial charge in [-0.2, -0.15) is 5.10 Å². The molecule has 0 fully saturated rings. The lowest BCUT2D eigenvalue weighted by molar-refractivity contribution is 0.0950. The highest BCUT2D eigenvalue weighted by atomic mass is 35.5. The molecule has 0 aliphatic rings. The van der Waals surface area contributed by atoms with Crippen molar-refractivity contribution in [2.75, 3.05) is 18.9 Å². The van der Waals surface area contributed by atoms with Gasteiger partial charge < -0.3 is 15.2 Å². The highest BCUT2D eigenvalue weighted by Crippen LogP contribution is 2.34. The van der Waals surface area contributed by atoms with E-state index in [0.717, 1.165) is 0 Å². The summed E-state index contributed by atoms with van der Waals surface area (Å²) in [6, 6.07) is 5.27. The third kappa shape index (κ3) is 5.15. The van der Waals surface area contributed by atoms with E-state index in [-0.39, 0.29) is 26.6 Å². The SMILES string of the molecule is CCOc1ccc(/C=N/NC(=O)c2nc(Cl)c(Cl)c(N)c2Cl)c(OCC)c1. The average Bonchev–Trinajstić information content (AvgIpc) is 2.65. The molecule has 3 N–H and O–H groups in total. The van der Waals surface area contributed by atoms with Crippen molar-refractivity contribution in [3.63, 3.8) is 0 Å². The maximum absolute atomic E-state index is 12.2. The van der Waals surface area contributed by atoms with E-state index >= 15 is 0 Å². The van der Waals surface area contributed by atoms with Crippen LogP contribution in [-0.4, -0.2) is 30.3 Å². The summed E-state index contributed by atoms with van der Waals surface area (Å²) in [6.07, 6.45) is 1.42. The fourth-order valence-electron chi connectivity index (χ4n) is 2.05. The van der Waals surface area contributed by atoms with Crippen molar-refractivity contribution in [1.82, 2.24) is 10.4 Å². The number of aromatic nitrogens is 1. The molecule has 2 rings (SSSR count). The summed E-state index contributed by atoms with van der Waals surface area (Å²) in [4.78, 5) is 16.1. The minimum atomic E-state index is -0.689. The second-order valence-corrected chi connectivity index (χ2v) is 6.17. The number of carbonyl (C=O) groups is 1. The first-order valence-electron chi connectivity index (χ1n) is 7.92. The van der Waals surface area contributed by atoms with Crippen molar-refractivity contribution in [3.05, 3.63) is 44.7 Å². The summed E-state index contributed by atoms with van der Waals surface area (Å²) in [5, 5.41) is 3.65. The van der Waals surface area contributed by atoms with Gasteiger partial charge in [-0.05, 0) is 26.0 Å². The zero-order valence-corrected chi connectivity index (χ0v) is 16.8. The number of benzene rings is 1. The molecular formula is C17H17Cl3N4O3. The number of nitrogens with one attached hydrogen (secondary N) is 1. The lowest BCUT2D eigenvalue weighted by Gasteiger charge is -2.10. The zero-order chi connectivity index (χ0) is 20.0. The smallest absolute Gasteiger partial charge is 0.291 e. The minimum Gasteiger partial charge on any atom is -0.494 e. The molecular weight excluding hydrogens is 415 g/mol. The van der Waals surface area contributed by atoms with Gasteiger partial charge >= 0.3 is 0 Å². The molecule has 7 nitrogen and oxygen atoms in total. The molecule has 0 radical (unpaired) electrons. The molecule has 0 spiro atoms. The molecule has 1 heterocycles. The summed E-state index contributed by atoms with van der Waals surface area (Å²) in [7, 11) is 0. The zero-order valence-electron chi connectivity index (χ0n) is 14.6. The predicted octanol–water partition coefficient (Wildman–Crippen LogP) is 4.19. The lowest BCUT2D eigenvalue weighted by atomic mass is 10.2. The molecule has 2 aromatic rings. The number of hydrogen-bond acceptors (Lipinski definition) is 6. The molecule has 0 aliphatic heterocycles. The first-order valence-corrected chi connectivity index (χ1v) is 9.05. The monoisotopic (exact) mass is 430 g/mol. The van der Waals surface area contributed by atoms with Crippen LogP contribution in [0.2, 0.25) is 15.2 Å². The van der Waals surface area contributed by atoms with Crippen LogP contribution in [0.5, 0.6) is 11.5 Å². The van der Waals surface area contributed by atoms with E-state index in [1.165, 1.54) is 6.21 Å². The van der Waals surface area contributed by atoms with Gasteiger partial charge in [0.2, 0.25) is 0 Å². The van der Waals surface area contributed by atoms with Crippen LogP contribution >= 0.6 is 34.8 Å². The Bertz CT molecular complexity index is 875. The second kappa shape index (κ2) is 9.64. The molecule has 0 atom stereocenters. The Morgan fingerprint density at radius 2 is 1.93 bits per heavy atom. The third-order valence-electron chi connectivity index (χ3n) is 3.25. The summed E-state index contributed by atoms with van der Waals surface area (Å²) < 4.78 is 11.0. The normalized spacial score (nSPS) is 10.9. The molecule has 0 bridgehead atoms. The van der Waals surface area contributed by atoms with Gasteiger partial charge in [-0.1, -0.05) is 34.8 Å². The van der Waals surface area contributed by atoms with E-state index in [0.29, 0.717) is 30.3 Å². The van der Waals surface area contributed by atoms with Gasteiger partial charge in [0.15, 0.2) is 10.8 Å². The molecule has 1 aromatic carbocycles. The van der Waals surface area contributed by atoms with Crippen molar-refractivity contribution >= 4 is 52.6 Å². The summed E-state index contributed by atoms with van der Waals surface area (Å²) >= 11 is 17.7. The largest absolute Gasteiger partial charge is 0.494 e. The Balaban J connectivity index is 2.19. The van der Waals surface area contributed by atoms with E-state index in [4.69, 9.17) is 50.0 Å². The summed E-state index contributed by atoms with van der Waals surface area (Å²) in [5.41, 5.74) is 8.44. The summed E-state index contributed by atoms with van der Waals surface area (Å²) in [5.74, 6) is 0.547. The maximum Gasteiger partial charge on any atom is 0.291 e. The van der Waals surface area contributed by atoms with Gasteiger partial charge in [-0.25, -0.2) is 10.4 Å². The highest BCUT2D eigenvalue weighted by Gasteiger charge is 2.19. The van der Waals surface area contributed by atoms with Gasteiger partial charge in [-0.3, -0.25) is 4.79 Å². The van der Waals surface area contributed by atoms with Crippen molar-refractivity contribution in [2.24, 2.45) is 5.10 Å². The second-order valence-electron chi connectivity index (χ2n) is 5.06. The Kier molecular flexibility index (Phi) is 7.53. The van der Waals surface area contributed by atoms with Gasteiger partial charge in [0, 0.05) is 11.6 Å². The number of carbonyl (C=O) groups excluding carboxylic acids is 1. The number of nitrogens with zero attached hydrogens (tertiary/aromatic N) is 2. The Morgan fingerprint density at radius 1 is 1.22 bits per heavy atom. The number of nitrogens with two attached hydrogens (primary N) is 1. The van der Waals surface area contributed by atoms with E-state index < -0.39 is 5.91 Å². The maximum atomic E-state index is 12.2. The Hall–Kier alpha value is -2.22. The van der Waals surface area contributed by atoms with Crippen LogP contribution in [0.4, 0.5) is 5.69 Å². The number of halogens is 3. The topological polar surface area (TPSA) is 98.8 Å². The highest BCUT2D eigenvalue weighted by molar-refractivity contribution is 6.46. The number of rotatable bonds is 7. The van der Waals surface area contributed by atoms with Gasteiger partial charge in [0.25, 0.3) is 5.91 Å². The average molecular weight is 432 g/mol. The van der Waals surface area contributed by atoms with Crippen LogP contribution in [0.25, 0.3) is 0 Å². The number of hydrazone groups is 1. The van der Waals surface area contributed by atoms with Crippen LogP contribution in [0.1, 0.15) is 29.9 Å². The van der Waals surface area contributed by atoms with E-state index in [9.17, 15) is 4.79 Å². The number of nitrogen functional groups attached to an aromatic ring is 1.